The topological polar surface area (TPSA) is 17.3 Å². The number of aromatic nitrogens is 2. The highest BCUT2D eigenvalue weighted by Crippen LogP contribution is 2.41. The Morgan fingerprint density at radius 2 is 1.22 bits per heavy atom. The Bertz CT molecular complexity index is 1800. The van der Waals surface area contributed by atoms with E-state index in [9.17, 15) is 0 Å². The molecule has 0 saturated heterocycles. The van der Waals surface area contributed by atoms with Crippen molar-refractivity contribution in [3.05, 3.63) is 133 Å². The second-order valence-electron chi connectivity index (χ2n) is 8.89. The Balaban J connectivity index is 1.58. The first kappa shape index (κ1) is 20.9. The largest absolute Gasteiger partial charge is 0.231 e. The van der Waals surface area contributed by atoms with Crippen molar-refractivity contribution in [2.45, 2.75) is 0 Å². The highest BCUT2D eigenvalue weighted by atomic mass is 32.1. The first-order valence-corrected chi connectivity index (χ1v) is 12.9. The fourth-order valence-corrected chi connectivity index (χ4v) is 5.75. The summed E-state index contributed by atoms with van der Waals surface area (Å²) in [6.07, 6.45) is 0. The van der Waals surface area contributed by atoms with Crippen molar-refractivity contribution in [2.24, 2.45) is 0 Å². The van der Waals surface area contributed by atoms with Crippen LogP contribution in [-0.4, -0.2) is 9.61 Å². The minimum Gasteiger partial charge on any atom is -0.231 e. The van der Waals surface area contributed by atoms with Crippen LogP contribution in [-0.2, 0) is 0 Å². The second-order valence-corrected chi connectivity index (χ2v) is 9.84. The van der Waals surface area contributed by atoms with E-state index in [4.69, 9.17) is 5.10 Å². The molecule has 0 unspecified atom stereocenters. The van der Waals surface area contributed by atoms with Gasteiger partial charge in [-0.15, -0.1) is 11.3 Å². The first-order valence-electron chi connectivity index (χ1n) is 12.1. The summed E-state index contributed by atoms with van der Waals surface area (Å²) in [5, 5.41) is 9.81. The molecule has 0 radical (unpaired) electrons. The molecule has 0 amide bonds. The molecule has 3 aromatic heterocycles. The van der Waals surface area contributed by atoms with Crippen molar-refractivity contribution in [1.29, 1.82) is 0 Å². The molecule has 0 spiro atoms. The minimum absolute atomic E-state index is 0.994. The van der Waals surface area contributed by atoms with Crippen molar-refractivity contribution in [2.75, 3.05) is 0 Å². The molecule has 0 saturated carbocycles. The van der Waals surface area contributed by atoms with Crippen LogP contribution in [0.5, 0.6) is 0 Å². The Morgan fingerprint density at radius 3 is 1.94 bits per heavy atom. The summed E-state index contributed by atoms with van der Waals surface area (Å²) in [5.41, 5.74) is 9.04. The summed E-state index contributed by atoms with van der Waals surface area (Å²) in [4.78, 5) is 1.28. The summed E-state index contributed by atoms with van der Waals surface area (Å²) in [6.45, 7) is 0. The fourth-order valence-electron chi connectivity index (χ4n) is 5.02. The van der Waals surface area contributed by atoms with Crippen LogP contribution in [0.1, 0.15) is 0 Å². The number of fused-ring (bicyclic) bond motifs is 3. The van der Waals surface area contributed by atoms with E-state index < -0.39 is 0 Å². The summed E-state index contributed by atoms with van der Waals surface area (Å²) >= 11 is 1.77. The van der Waals surface area contributed by atoms with Crippen LogP contribution in [0.2, 0.25) is 0 Å². The van der Waals surface area contributed by atoms with Gasteiger partial charge in [-0.25, -0.2) is 4.52 Å². The van der Waals surface area contributed by atoms with Crippen LogP contribution < -0.4 is 0 Å². The summed E-state index contributed by atoms with van der Waals surface area (Å²) in [7, 11) is 0. The number of hydrogen-bond donors (Lipinski definition) is 0. The van der Waals surface area contributed by atoms with Crippen LogP contribution in [0.25, 0.3) is 60.4 Å². The standard InChI is InChI=1S/C33H22N2S/c1-3-10-23(11-4-1)29-22-27-14-7-8-15-28(27)33-31(32(34-35(29)33)26-12-5-2-6-13-26)25-19-17-24(18-20-25)30-16-9-21-36-30/h1-22H. The molecule has 0 atom stereocenters. The molecule has 170 valence electrons. The molecule has 0 N–H and O–H groups in total. The van der Waals surface area contributed by atoms with Crippen molar-refractivity contribution < 1.29 is 0 Å². The van der Waals surface area contributed by atoms with E-state index in [1.165, 1.54) is 26.8 Å². The van der Waals surface area contributed by atoms with Gasteiger partial charge in [0.15, 0.2) is 0 Å². The Labute approximate surface area is 213 Å². The van der Waals surface area contributed by atoms with Gasteiger partial charge in [-0.05, 0) is 34.0 Å². The molecule has 3 heteroatoms. The zero-order valence-corrected chi connectivity index (χ0v) is 20.3. The summed E-state index contributed by atoms with van der Waals surface area (Å²) in [6, 6.07) is 45.1. The normalized spacial score (nSPS) is 11.3. The van der Waals surface area contributed by atoms with Gasteiger partial charge in [0.1, 0.15) is 5.69 Å². The van der Waals surface area contributed by atoms with E-state index in [2.05, 4.69) is 137 Å². The molecule has 36 heavy (non-hydrogen) atoms. The minimum atomic E-state index is 0.994. The van der Waals surface area contributed by atoms with Gasteiger partial charge in [-0.2, -0.15) is 5.10 Å². The van der Waals surface area contributed by atoms with Gasteiger partial charge in [-0.1, -0.05) is 115 Å². The van der Waals surface area contributed by atoms with E-state index in [-0.39, 0.29) is 0 Å². The van der Waals surface area contributed by atoms with E-state index in [0.717, 1.165) is 33.6 Å². The van der Waals surface area contributed by atoms with Crippen LogP contribution in [0.15, 0.2) is 133 Å². The maximum absolute atomic E-state index is 5.28. The predicted octanol–water partition coefficient (Wildman–Crippen LogP) is 9.22. The van der Waals surface area contributed by atoms with Crippen LogP contribution >= 0.6 is 11.3 Å². The zero-order valence-electron chi connectivity index (χ0n) is 19.5. The third kappa shape index (κ3) is 3.44. The van der Waals surface area contributed by atoms with E-state index in [1.54, 1.807) is 11.3 Å². The molecule has 0 aliphatic heterocycles. The van der Waals surface area contributed by atoms with Crippen LogP contribution in [0.4, 0.5) is 0 Å². The number of benzene rings is 4. The average Bonchev–Trinajstić information content (AvgIpc) is 3.63. The molecule has 0 aliphatic rings. The first-order chi connectivity index (χ1) is 17.9. The lowest BCUT2D eigenvalue weighted by molar-refractivity contribution is 0.979. The average molecular weight is 479 g/mol. The Hall–Kier alpha value is -4.47. The van der Waals surface area contributed by atoms with Gasteiger partial charge in [0.25, 0.3) is 0 Å². The summed E-state index contributed by atoms with van der Waals surface area (Å²) in [5.74, 6) is 0. The smallest absolute Gasteiger partial charge is 0.101 e. The van der Waals surface area contributed by atoms with Gasteiger partial charge in [0.2, 0.25) is 0 Å². The quantitative estimate of drug-likeness (QED) is 0.246. The maximum Gasteiger partial charge on any atom is 0.101 e. The fraction of sp³-hybridized carbons (Fsp3) is 0. The monoisotopic (exact) mass is 478 g/mol. The molecular weight excluding hydrogens is 456 g/mol. The van der Waals surface area contributed by atoms with Gasteiger partial charge in [-0.3, -0.25) is 0 Å². The Kier molecular flexibility index (Phi) is 5.00. The summed E-state index contributed by atoms with van der Waals surface area (Å²) < 4.78 is 2.14. The highest BCUT2D eigenvalue weighted by molar-refractivity contribution is 7.13. The molecule has 3 heterocycles. The molecule has 0 fully saturated rings. The van der Waals surface area contributed by atoms with E-state index >= 15 is 0 Å². The molecular formula is C33H22N2S. The van der Waals surface area contributed by atoms with Crippen molar-refractivity contribution in [3.8, 4) is 44.1 Å². The second kappa shape index (κ2) is 8.63. The van der Waals surface area contributed by atoms with Gasteiger partial charge in [0, 0.05) is 27.0 Å². The highest BCUT2D eigenvalue weighted by Gasteiger charge is 2.21. The SMILES string of the molecule is c1ccc(-c2nn3c(-c4ccccc4)cc4ccccc4c3c2-c2ccc(-c3cccs3)cc2)cc1. The number of nitrogens with zero attached hydrogens (tertiary/aromatic N) is 2. The van der Waals surface area contributed by atoms with Crippen LogP contribution in [0.3, 0.4) is 0 Å². The molecule has 2 nitrogen and oxygen atoms in total. The molecule has 7 aromatic rings. The molecule has 7 rings (SSSR count). The molecule has 0 aliphatic carbocycles. The van der Waals surface area contributed by atoms with Crippen LogP contribution in [0, 0.1) is 0 Å². The van der Waals surface area contributed by atoms with E-state index in [0.29, 0.717) is 0 Å². The van der Waals surface area contributed by atoms with Crippen molar-refractivity contribution >= 4 is 27.6 Å². The number of hydrogen-bond acceptors (Lipinski definition) is 2. The van der Waals surface area contributed by atoms with E-state index in [1.807, 2.05) is 0 Å². The number of rotatable bonds is 4. The molecule has 0 bridgehead atoms. The third-order valence-electron chi connectivity index (χ3n) is 6.72. The number of pyridine rings is 1. The lowest BCUT2D eigenvalue weighted by Crippen LogP contribution is -1.95. The maximum atomic E-state index is 5.28. The van der Waals surface area contributed by atoms with Crippen molar-refractivity contribution in [1.82, 2.24) is 9.61 Å². The van der Waals surface area contributed by atoms with Gasteiger partial charge < -0.3 is 0 Å². The van der Waals surface area contributed by atoms with Gasteiger partial charge in [0.05, 0.1) is 11.2 Å². The third-order valence-corrected chi connectivity index (χ3v) is 7.64. The zero-order chi connectivity index (χ0) is 23.9. The number of thiophene rings is 1. The van der Waals surface area contributed by atoms with Gasteiger partial charge >= 0.3 is 0 Å². The predicted molar refractivity (Wildman–Crippen MR) is 152 cm³/mol. The lowest BCUT2D eigenvalue weighted by Gasteiger charge is -2.11. The lowest BCUT2D eigenvalue weighted by atomic mass is 9.96. The van der Waals surface area contributed by atoms with Crippen molar-refractivity contribution in [3.63, 3.8) is 0 Å². The molecule has 4 aromatic carbocycles. The Morgan fingerprint density at radius 1 is 0.556 bits per heavy atom.